The van der Waals surface area contributed by atoms with Crippen molar-refractivity contribution < 1.29 is 4.74 Å². The molecule has 2 rings (SSSR count). The van der Waals surface area contributed by atoms with E-state index in [1.807, 2.05) is 30.0 Å². The Morgan fingerprint density at radius 1 is 1.31 bits per heavy atom. The van der Waals surface area contributed by atoms with Gasteiger partial charge in [-0.3, -0.25) is 5.41 Å². The van der Waals surface area contributed by atoms with Crippen LogP contribution in [0, 0.1) is 5.41 Å². The third-order valence-corrected chi connectivity index (χ3v) is 2.84. The number of hydrogen-bond donors (Lipinski definition) is 1. The molecule has 0 spiro atoms. The van der Waals surface area contributed by atoms with E-state index >= 15 is 0 Å². The summed E-state index contributed by atoms with van der Waals surface area (Å²) in [5.74, 6) is 0.593. The summed E-state index contributed by atoms with van der Waals surface area (Å²) in [6.45, 7) is 5.67. The van der Waals surface area contributed by atoms with Gasteiger partial charge in [-0.15, -0.1) is 0 Å². The van der Waals surface area contributed by atoms with E-state index in [1.165, 1.54) is 0 Å². The van der Waals surface area contributed by atoms with Crippen LogP contribution < -0.4 is 0 Å². The Labute approximate surface area is 96.5 Å². The van der Waals surface area contributed by atoms with Crippen LogP contribution in [0.2, 0.25) is 0 Å². The minimum absolute atomic E-state index is 0.0614. The van der Waals surface area contributed by atoms with Crippen molar-refractivity contribution >= 4 is 5.84 Å². The van der Waals surface area contributed by atoms with E-state index < -0.39 is 0 Å². The second kappa shape index (κ2) is 4.66. The molecule has 0 aliphatic carbocycles. The van der Waals surface area contributed by atoms with Gasteiger partial charge >= 0.3 is 0 Å². The lowest BCUT2D eigenvalue weighted by Crippen LogP contribution is -2.30. The lowest BCUT2D eigenvalue weighted by molar-refractivity contribution is -0.0161. The maximum absolute atomic E-state index is 8.15. The van der Waals surface area contributed by atoms with Crippen LogP contribution in [0.3, 0.4) is 0 Å². The van der Waals surface area contributed by atoms with E-state index in [4.69, 9.17) is 10.1 Å². The largest absolute Gasteiger partial charge is 0.354 e. The van der Waals surface area contributed by atoms with Gasteiger partial charge < -0.3 is 9.64 Å². The van der Waals surface area contributed by atoms with Gasteiger partial charge in [0, 0.05) is 24.3 Å². The molecule has 3 nitrogen and oxygen atoms in total. The third-order valence-electron chi connectivity index (χ3n) is 2.84. The fraction of sp³-hybridized carbons (Fsp3) is 0.462. The van der Waals surface area contributed by atoms with Crippen molar-refractivity contribution in [3.63, 3.8) is 0 Å². The zero-order valence-electron chi connectivity index (χ0n) is 9.86. The van der Waals surface area contributed by atoms with E-state index in [0.29, 0.717) is 12.4 Å². The molecule has 1 N–H and O–H groups in total. The minimum Gasteiger partial charge on any atom is -0.354 e. The molecule has 0 aromatic heterocycles. The van der Waals surface area contributed by atoms with Gasteiger partial charge in [-0.05, 0) is 13.3 Å². The fourth-order valence-electron chi connectivity index (χ4n) is 2.18. The summed E-state index contributed by atoms with van der Waals surface area (Å²) in [6.07, 6.45) is 0.966. The van der Waals surface area contributed by atoms with Crippen molar-refractivity contribution in [1.82, 2.24) is 4.90 Å². The number of hydrogen-bond acceptors (Lipinski definition) is 2. The molecule has 1 aliphatic heterocycles. The van der Waals surface area contributed by atoms with Crippen LogP contribution in [0.4, 0.5) is 0 Å². The number of nitrogens with zero attached hydrogens (tertiary/aromatic N) is 1. The zero-order chi connectivity index (χ0) is 11.5. The first-order valence-corrected chi connectivity index (χ1v) is 5.85. The summed E-state index contributed by atoms with van der Waals surface area (Å²) in [5.41, 5.74) is 2.14. The number of nitrogens with one attached hydrogen (secondary N) is 1. The van der Waals surface area contributed by atoms with E-state index in [9.17, 15) is 0 Å². The molecule has 1 heterocycles. The van der Waals surface area contributed by atoms with Gasteiger partial charge in [-0.2, -0.15) is 0 Å². The average Bonchev–Trinajstić information content (AvgIpc) is 2.57. The average molecular weight is 218 g/mol. The number of ether oxygens (including phenoxy) is 1. The summed E-state index contributed by atoms with van der Waals surface area (Å²) in [6, 6.07) is 8.04. The minimum atomic E-state index is -0.0614. The van der Waals surface area contributed by atoms with Gasteiger partial charge in [0.15, 0.2) is 6.23 Å². The van der Waals surface area contributed by atoms with Crippen molar-refractivity contribution in [3.05, 3.63) is 35.4 Å². The van der Waals surface area contributed by atoms with Crippen molar-refractivity contribution in [1.29, 1.82) is 5.41 Å². The predicted molar refractivity (Wildman–Crippen MR) is 64.6 cm³/mol. The molecule has 3 heteroatoms. The van der Waals surface area contributed by atoms with Gasteiger partial charge in [0.25, 0.3) is 0 Å². The lowest BCUT2D eigenvalue weighted by Gasteiger charge is -2.25. The molecule has 86 valence electrons. The normalized spacial score (nSPS) is 19.0. The second-order valence-corrected chi connectivity index (χ2v) is 3.94. The lowest BCUT2D eigenvalue weighted by atomic mass is 10.1. The first-order valence-electron chi connectivity index (χ1n) is 5.85. The standard InChI is InChI=1S/C13H18N2O/c1-3-9-15-12(14)10-7-5-6-8-11(10)13(15)16-4-2/h5-8,13-14H,3-4,9H2,1-2H3. The van der Waals surface area contributed by atoms with E-state index in [-0.39, 0.29) is 6.23 Å². The summed E-state index contributed by atoms with van der Waals surface area (Å²) < 4.78 is 5.75. The van der Waals surface area contributed by atoms with Gasteiger partial charge in [0.2, 0.25) is 0 Å². The molecule has 0 radical (unpaired) electrons. The molecule has 1 aromatic rings. The molecule has 1 unspecified atom stereocenters. The van der Waals surface area contributed by atoms with Crippen molar-refractivity contribution in [2.45, 2.75) is 26.5 Å². The van der Waals surface area contributed by atoms with Gasteiger partial charge in [0.05, 0.1) is 0 Å². The number of rotatable bonds is 4. The van der Waals surface area contributed by atoms with Crippen LogP contribution in [0.15, 0.2) is 24.3 Å². The third kappa shape index (κ3) is 1.71. The molecule has 1 aliphatic rings. The van der Waals surface area contributed by atoms with Crippen LogP contribution in [0.5, 0.6) is 0 Å². The SMILES string of the molecule is CCCN1C(=N)c2ccccc2C1OCC. The summed E-state index contributed by atoms with van der Waals surface area (Å²) in [7, 11) is 0. The quantitative estimate of drug-likeness (QED) is 0.843. The van der Waals surface area contributed by atoms with Gasteiger partial charge in [0.1, 0.15) is 5.84 Å². The molecular weight excluding hydrogens is 200 g/mol. The molecule has 0 bridgehead atoms. The van der Waals surface area contributed by atoms with Crippen LogP contribution in [-0.2, 0) is 4.74 Å². The van der Waals surface area contributed by atoms with E-state index in [2.05, 4.69) is 13.0 Å². The fourth-order valence-corrected chi connectivity index (χ4v) is 2.18. The van der Waals surface area contributed by atoms with Crippen molar-refractivity contribution in [2.75, 3.05) is 13.2 Å². The number of benzene rings is 1. The van der Waals surface area contributed by atoms with Gasteiger partial charge in [-0.1, -0.05) is 31.2 Å². The van der Waals surface area contributed by atoms with Crippen LogP contribution in [0.25, 0.3) is 0 Å². The first-order chi connectivity index (χ1) is 7.79. The van der Waals surface area contributed by atoms with Gasteiger partial charge in [-0.25, -0.2) is 0 Å². The molecular formula is C13H18N2O. The monoisotopic (exact) mass is 218 g/mol. The number of fused-ring (bicyclic) bond motifs is 1. The molecule has 0 fully saturated rings. The Morgan fingerprint density at radius 3 is 2.75 bits per heavy atom. The van der Waals surface area contributed by atoms with Crippen LogP contribution in [-0.4, -0.2) is 23.9 Å². The van der Waals surface area contributed by atoms with Crippen LogP contribution >= 0.6 is 0 Å². The Morgan fingerprint density at radius 2 is 2.06 bits per heavy atom. The maximum atomic E-state index is 8.15. The zero-order valence-corrected chi connectivity index (χ0v) is 9.86. The van der Waals surface area contributed by atoms with E-state index in [0.717, 1.165) is 24.1 Å². The highest BCUT2D eigenvalue weighted by molar-refractivity contribution is 6.00. The van der Waals surface area contributed by atoms with Crippen LogP contribution in [0.1, 0.15) is 37.6 Å². The summed E-state index contributed by atoms with van der Waals surface area (Å²) >= 11 is 0. The Kier molecular flexibility index (Phi) is 3.25. The highest BCUT2D eigenvalue weighted by atomic mass is 16.5. The molecule has 0 saturated carbocycles. The van der Waals surface area contributed by atoms with Crippen molar-refractivity contribution in [3.8, 4) is 0 Å². The highest BCUT2D eigenvalue weighted by Crippen LogP contribution is 2.34. The smallest absolute Gasteiger partial charge is 0.158 e. The summed E-state index contributed by atoms with van der Waals surface area (Å²) in [4.78, 5) is 2.04. The molecule has 0 amide bonds. The Balaban J connectivity index is 2.35. The first kappa shape index (κ1) is 11.1. The highest BCUT2D eigenvalue weighted by Gasteiger charge is 2.33. The molecule has 1 aromatic carbocycles. The predicted octanol–water partition coefficient (Wildman–Crippen LogP) is 2.77. The van der Waals surface area contributed by atoms with Crippen molar-refractivity contribution in [2.24, 2.45) is 0 Å². The molecule has 1 atom stereocenters. The number of amidine groups is 1. The Hall–Kier alpha value is -1.35. The Bertz CT molecular complexity index is 389. The molecule has 16 heavy (non-hydrogen) atoms. The molecule has 0 saturated heterocycles. The van der Waals surface area contributed by atoms with E-state index in [1.54, 1.807) is 0 Å². The second-order valence-electron chi connectivity index (χ2n) is 3.94. The topological polar surface area (TPSA) is 36.3 Å². The maximum Gasteiger partial charge on any atom is 0.158 e. The summed E-state index contributed by atoms with van der Waals surface area (Å²) in [5, 5.41) is 8.15.